The molecule has 0 aliphatic heterocycles. The van der Waals surface area contributed by atoms with E-state index >= 15 is 0 Å². The maximum atomic E-state index is 13.2. The number of benzene rings is 4. The molecule has 0 saturated heterocycles. The van der Waals surface area contributed by atoms with Crippen LogP contribution in [-0.4, -0.2) is 19.3 Å². The first-order valence-corrected chi connectivity index (χ1v) is 12.8. The lowest BCUT2D eigenvalue weighted by Crippen LogP contribution is -1.96. The van der Waals surface area contributed by atoms with E-state index in [0.29, 0.717) is 23.8 Å². The number of rotatable bonds is 7. The number of nitrogens with zero attached hydrogens (tertiary/aromatic N) is 5. The number of para-hydroxylation sites is 3. The summed E-state index contributed by atoms with van der Waals surface area (Å²) in [6.07, 6.45) is 3.76. The number of aryl methyl sites for hydroxylation is 1. The van der Waals surface area contributed by atoms with Crippen molar-refractivity contribution in [3.8, 4) is 28.8 Å². The predicted octanol–water partition coefficient (Wildman–Crippen LogP) is 7.21. The fourth-order valence-corrected chi connectivity index (χ4v) is 4.58. The lowest BCUT2D eigenvalue weighted by atomic mass is 10.1. The standard InChI is InChI=1S/C33H24FN5O/c1-38-31-10-6-5-9-30(31)36-33(38)25(20-35)19-26-21-39(28-7-3-2-4-8-28)37-32(26)24-13-17-29(18-14-24)40-22-23-11-15-27(34)16-12-23/h2-19,21H,22H2,1H3/b25-19-. The highest BCUT2D eigenvalue weighted by Crippen LogP contribution is 2.30. The number of halogens is 1. The Morgan fingerprint density at radius 2 is 1.65 bits per heavy atom. The minimum Gasteiger partial charge on any atom is -0.489 e. The van der Waals surface area contributed by atoms with E-state index in [1.165, 1.54) is 12.1 Å². The van der Waals surface area contributed by atoms with Gasteiger partial charge in [-0.15, -0.1) is 0 Å². The summed E-state index contributed by atoms with van der Waals surface area (Å²) in [5.41, 5.74) is 6.39. The summed E-state index contributed by atoms with van der Waals surface area (Å²) >= 11 is 0. The molecule has 0 atom stereocenters. The first-order valence-electron chi connectivity index (χ1n) is 12.8. The van der Waals surface area contributed by atoms with Crippen molar-refractivity contribution in [3.63, 3.8) is 0 Å². The zero-order chi connectivity index (χ0) is 27.5. The second-order valence-corrected chi connectivity index (χ2v) is 9.31. The molecule has 0 bridgehead atoms. The molecule has 0 spiro atoms. The van der Waals surface area contributed by atoms with Crippen molar-refractivity contribution in [1.82, 2.24) is 19.3 Å². The molecular weight excluding hydrogens is 501 g/mol. The fourth-order valence-electron chi connectivity index (χ4n) is 4.58. The van der Waals surface area contributed by atoms with Gasteiger partial charge in [0.25, 0.3) is 0 Å². The highest BCUT2D eigenvalue weighted by molar-refractivity contribution is 5.93. The largest absolute Gasteiger partial charge is 0.489 e. The number of hydrogen-bond acceptors (Lipinski definition) is 4. The maximum Gasteiger partial charge on any atom is 0.151 e. The Kier molecular flexibility index (Phi) is 6.65. The van der Waals surface area contributed by atoms with E-state index in [9.17, 15) is 9.65 Å². The van der Waals surface area contributed by atoms with Gasteiger partial charge >= 0.3 is 0 Å². The van der Waals surface area contributed by atoms with Gasteiger partial charge in [-0.05, 0) is 72.3 Å². The Labute approximate surface area is 230 Å². The Morgan fingerprint density at radius 1 is 0.925 bits per heavy atom. The number of imidazole rings is 1. The summed E-state index contributed by atoms with van der Waals surface area (Å²) < 4.78 is 22.8. The van der Waals surface area contributed by atoms with Gasteiger partial charge in [0.2, 0.25) is 0 Å². The topological polar surface area (TPSA) is 68.7 Å². The normalized spacial score (nSPS) is 11.5. The molecule has 0 saturated carbocycles. The Hall–Kier alpha value is -5.48. The molecule has 0 aliphatic rings. The molecule has 40 heavy (non-hydrogen) atoms. The number of aromatic nitrogens is 4. The number of nitriles is 1. The average Bonchev–Trinajstić information content (AvgIpc) is 3.57. The van der Waals surface area contributed by atoms with Crippen LogP contribution in [0, 0.1) is 17.1 Å². The average molecular weight is 526 g/mol. The van der Waals surface area contributed by atoms with Crippen LogP contribution in [0.4, 0.5) is 4.39 Å². The third-order valence-electron chi connectivity index (χ3n) is 6.66. The molecule has 7 heteroatoms. The van der Waals surface area contributed by atoms with E-state index in [1.807, 2.05) is 107 Å². The number of allylic oxidation sites excluding steroid dienone is 1. The Morgan fingerprint density at radius 3 is 2.38 bits per heavy atom. The van der Waals surface area contributed by atoms with Crippen molar-refractivity contribution < 1.29 is 9.13 Å². The molecule has 0 N–H and O–H groups in total. The number of ether oxygens (including phenoxy) is 1. The maximum absolute atomic E-state index is 13.2. The van der Waals surface area contributed by atoms with Crippen molar-refractivity contribution in [1.29, 1.82) is 5.26 Å². The van der Waals surface area contributed by atoms with E-state index < -0.39 is 0 Å². The summed E-state index contributed by atoms with van der Waals surface area (Å²) in [6, 6.07) is 33.9. The molecule has 0 unspecified atom stereocenters. The van der Waals surface area contributed by atoms with Gasteiger partial charge in [0.1, 0.15) is 24.2 Å². The van der Waals surface area contributed by atoms with E-state index in [1.54, 1.807) is 12.1 Å². The van der Waals surface area contributed by atoms with Crippen LogP contribution >= 0.6 is 0 Å². The highest BCUT2D eigenvalue weighted by atomic mass is 19.1. The monoisotopic (exact) mass is 525 g/mol. The minimum absolute atomic E-state index is 0.274. The van der Waals surface area contributed by atoms with E-state index in [2.05, 4.69) is 6.07 Å². The van der Waals surface area contributed by atoms with E-state index in [4.69, 9.17) is 14.8 Å². The van der Waals surface area contributed by atoms with Gasteiger partial charge < -0.3 is 9.30 Å². The van der Waals surface area contributed by atoms with Gasteiger partial charge in [-0.3, -0.25) is 0 Å². The summed E-state index contributed by atoms with van der Waals surface area (Å²) in [6.45, 7) is 0.333. The lowest BCUT2D eigenvalue weighted by Gasteiger charge is -2.07. The number of hydrogen-bond donors (Lipinski definition) is 0. The van der Waals surface area contributed by atoms with Crippen LogP contribution in [0.1, 0.15) is 17.0 Å². The first-order chi connectivity index (χ1) is 19.6. The molecule has 0 aliphatic carbocycles. The van der Waals surface area contributed by atoms with Crippen LogP contribution < -0.4 is 4.74 Å². The van der Waals surface area contributed by atoms with Crippen molar-refractivity contribution in [2.24, 2.45) is 7.05 Å². The third kappa shape index (κ3) is 4.98. The Balaban J connectivity index is 1.37. The van der Waals surface area contributed by atoms with E-state index in [-0.39, 0.29) is 5.82 Å². The molecule has 0 fully saturated rings. The third-order valence-corrected chi connectivity index (χ3v) is 6.66. The molecule has 6 nitrogen and oxygen atoms in total. The van der Waals surface area contributed by atoms with Crippen molar-refractivity contribution in [2.75, 3.05) is 0 Å². The molecule has 2 heterocycles. The minimum atomic E-state index is -0.274. The summed E-state index contributed by atoms with van der Waals surface area (Å²) in [7, 11) is 1.91. The van der Waals surface area contributed by atoms with Gasteiger partial charge in [0, 0.05) is 24.4 Å². The Bertz CT molecular complexity index is 1860. The van der Waals surface area contributed by atoms with Crippen LogP contribution in [0.15, 0.2) is 109 Å². The quantitative estimate of drug-likeness (QED) is 0.207. The summed E-state index contributed by atoms with van der Waals surface area (Å²) in [4.78, 5) is 4.72. The van der Waals surface area contributed by atoms with Crippen LogP contribution in [0.5, 0.6) is 5.75 Å². The van der Waals surface area contributed by atoms with Crippen molar-refractivity contribution in [3.05, 3.63) is 132 Å². The number of fused-ring (bicyclic) bond motifs is 1. The fraction of sp³-hybridized carbons (Fsp3) is 0.0606. The SMILES string of the molecule is Cn1c(/C(C#N)=C\c2cn(-c3ccccc3)nc2-c2ccc(OCc3ccc(F)cc3)cc2)nc2ccccc21. The van der Waals surface area contributed by atoms with E-state index in [0.717, 1.165) is 39.1 Å². The smallest absolute Gasteiger partial charge is 0.151 e. The summed E-state index contributed by atoms with van der Waals surface area (Å²) in [5.74, 6) is 1.00. The second kappa shape index (κ2) is 10.7. The van der Waals surface area contributed by atoms with Crippen LogP contribution in [0.2, 0.25) is 0 Å². The van der Waals surface area contributed by atoms with Gasteiger partial charge in [-0.1, -0.05) is 42.5 Å². The molecule has 6 aromatic rings. The van der Waals surface area contributed by atoms with Gasteiger partial charge in [0.05, 0.1) is 28.0 Å². The predicted molar refractivity (Wildman–Crippen MR) is 154 cm³/mol. The van der Waals surface area contributed by atoms with Gasteiger partial charge in [-0.25, -0.2) is 14.1 Å². The first kappa shape index (κ1) is 24.8. The lowest BCUT2D eigenvalue weighted by molar-refractivity contribution is 0.306. The van der Waals surface area contributed by atoms with Crippen molar-refractivity contribution in [2.45, 2.75) is 6.61 Å². The molecule has 194 valence electrons. The second-order valence-electron chi connectivity index (χ2n) is 9.31. The van der Waals surface area contributed by atoms with Crippen LogP contribution in [0.3, 0.4) is 0 Å². The van der Waals surface area contributed by atoms with Crippen LogP contribution in [0.25, 0.3) is 39.6 Å². The molecule has 2 aromatic heterocycles. The molecule has 0 amide bonds. The zero-order valence-corrected chi connectivity index (χ0v) is 21.7. The molecule has 0 radical (unpaired) electrons. The van der Waals surface area contributed by atoms with Gasteiger partial charge in [-0.2, -0.15) is 10.4 Å². The van der Waals surface area contributed by atoms with Crippen LogP contribution in [-0.2, 0) is 13.7 Å². The zero-order valence-electron chi connectivity index (χ0n) is 21.7. The molecular formula is C33H24FN5O. The molecule has 4 aromatic carbocycles. The van der Waals surface area contributed by atoms with Gasteiger partial charge in [0.15, 0.2) is 5.82 Å². The summed E-state index contributed by atoms with van der Waals surface area (Å²) in [5, 5.41) is 15.0. The molecule has 6 rings (SSSR count). The van der Waals surface area contributed by atoms with Crippen molar-refractivity contribution >= 4 is 22.7 Å². The highest BCUT2D eigenvalue weighted by Gasteiger charge is 2.16.